The fourth-order valence-corrected chi connectivity index (χ4v) is 1.72. The molecule has 8 heteroatoms. The van der Waals surface area contributed by atoms with Crippen molar-refractivity contribution in [3.05, 3.63) is 28.5 Å². The van der Waals surface area contributed by atoms with E-state index in [2.05, 4.69) is 9.38 Å². The smallest absolute Gasteiger partial charge is 0.241 e. The Balaban J connectivity index is 3.05. The van der Waals surface area contributed by atoms with Gasteiger partial charge in [-0.05, 0) is 32.9 Å². The molecule has 3 nitrogen and oxygen atoms in total. The summed E-state index contributed by atoms with van der Waals surface area (Å²) in [6, 6.07) is 2.36. The van der Waals surface area contributed by atoms with Crippen molar-refractivity contribution in [3.8, 4) is 0 Å². The largest absolute Gasteiger partial charge is 0.434 e. The van der Waals surface area contributed by atoms with Gasteiger partial charge >= 0.3 is 6.18 Å². The van der Waals surface area contributed by atoms with Crippen LogP contribution in [0.15, 0.2) is 16.5 Å². The van der Waals surface area contributed by atoms with Gasteiger partial charge in [0.2, 0.25) is 0 Å². The summed E-state index contributed by atoms with van der Waals surface area (Å²) < 4.78 is 52.4. The maximum Gasteiger partial charge on any atom is 0.434 e. The Kier molecular flexibility index (Phi) is 4.73. The first kappa shape index (κ1) is 16.1. The van der Waals surface area contributed by atoms with E-state index in [1.807, 2.05) is 0 Å². The Morgan fingerprint density at radius 3 is 2.37 bits per heavy atom. The molecule has 1 heterocycles. The molecule has 0 aliphatic rings. The lowest BCUT2D eigenvalue weighted by molar-refractivity contribution is -0.141. The van der Waals surface area contributed by atoms with Crippen molar-refractivity contribution in [3.63, 3.8) is 0 Å². The summed E-state index contributed by atoms with van der Waals surface area (Å²) in [5.41, 5.74) is -1.23. The molecule has 0 spiro atoms. The van der Waals surface area contributed by atoms with Crippen LogP contribution in [0.25, 0.3) is 0 Å². The second-order valence-electron chi connectivity index (χ2n) is 4.66. The van der Waals surface area contributed by atoms with Gasteiger partial charge in [-0.1, -0.05) is 11.6 Å². The fourth-order valence-electron chi connectivity index (χ4n) is 0.988. The summed E-state index contributed by atoms with van der Waals surface area (Å²) in [5, 5.41) is -0.485. The third-order valence-electron chi connectivity index (χ3n) is 1.94. The Hall–Kier alpha value is -0.950. The minimum atomic E-state index is -4.63. The number of aromatic nitrogens is 1. The van der Waals surface area contributed by atoms with E-state index >= 15 is 0 Å². The van der Waals surface area contributed by atoms with Gasteiger partial charge in [-0.2, -0.15) is 17.6 Å². The minimum Gasteiger partial charge on any atom is -0.241 e. The predicted octanol–water partition coefficient (Wildman–Crippen LogP) is 3.63. The molecule has 0 fully saturated rings. The summed E-state index contributed by atoms with van der Waals surface area (Å²) in [6.07, 6.45) is -3.59. The van der Waals surface area contributed by atoms with E-state index in [9.17, 15) is 17.4 Å². The number of hydrogen-bond donors (Lipinski definition) is 0. The molecule has 0 aromatic carbocycles. The topological polar surface area (TPSA) is 42.3 Å². The Morgan fingerprint density at radius 1 is 1.32 bits per heavy atom. The molecule has 0 amide bonds. The van der Waals surface area contributed by atoms with E-state index in [0.717, 1.165) is 12.3 Å². The monoisotopic (exact) mass is 312 g/mol. The zero-order chi connectivity index (χ0) is 14.8. The molecular weight excluding hydrogens is 301 g/mol. The number of pyridine rings is 1. The van der Waals surface area contributed by atoms with Crippen LogP contribution in [-0.2, 0) is 17.2 Å². The molecular formula is C11H12ClF3N2OS. The minimum absolute atomic E-state index is 0.0469. The first-order valence-electron chi connectivity index (χ1n) is 5.21. The zero-order valence-corrected chi connectivity index (χ0v) is 12.0. The molecule has 0 N–H and O–H groups in total. The highest BCUT2D eigenvalue weighted by Gasteiger charge is 2.35. The molecule has 106 valence electrons. The van der Waals surface area contributed by atoms with E-state index < -0.39 is 32.6 Å². The van der Waals surface area contributed by atoms with Crippen LogP contribution in [-0.4, -0.2) is 20.2 Å². The molecule has 1 aromatic rings. The van der Waals surface area contributed by atoms with Crippen LogP contribution in [0.1, 0.15) is 32.2 Å². The first-order chi connectivity index (χ1) is 8.51. The van der Waals surface area contributed by atoms with E-state index in [1.165, 1.54) is 6.07 Å². The zero-order valence-electron chi connectivity index (χ0n) is 10.5. The summed E-state index contributed by atoms with van der Waals surface area (Å²) in [6.45, 7) is 5.12. The van der Waals surface area contributed by atoms with Gasteiger partial charge in [-0.25, -0.2) is 9.19 Å². The van der Waals surface area contributed by atoms with Crippen LogP contribution in [0, 0.1) is 0 Å². The van der Waals surface area contributed by atoms with Crippen molar-refractivity contribution in [2.75, 3.05) is 0 Å². The van der Waals surface area contributed by atoms with Crippen molar-refractivity contribution >= 4 is 28.8 Å². The van der Waals surface area contributed by atoms with Crippen LogP contribution in [0.5, 0.6) is 0 Å². The lowest BCUT2D eigenvalue weighted by Crippen LogP contribution is -2.19. The molecule has 0 unspecified atom stereocenters. The number of alkyl halides is 3. The van der Waals surface area contributed by atoms with Crippen LogP contribution in [0.3, 0.4) is 0 Å². The number of nitrogens with zero attached hydrogens (tertiary/aromatic N) is 2. The van der Waals surface area contributed by atoms with Crippen LogP contribution in [0.4, 0.5) is 13.2 Å². The maximum absolute atomic E-state index is 12.6. The molecule has 0 aliphatic carbocycles. The highest BCUT2D eigenvalue weighted by Crippen LogP contribution is 2.32. The third-order valence-corrected chi connectivity index (χ3v) is 3.59. The number of hydrogen-bond acceptors (Lipinski definition) is 2. The molecule has 0 aliphatic heterocycles. The average molecular weight is 313 g/mol. The van der Waals surface area contributed by atoms with Gasteiger partial charge in [-0.15, -0.1) is 0 Å². The van der Waals surface area contributed by atoms with E-state index in [1.54, 1.807) is 20.8 Å². The highest BCUT2D eigenvalue weighted by atomic mass is 35.5. The molecule has 0 radical (unpaired) electrons. The van der Waals surface area contributed by atoms with E-state index in [-0.39, 0.29) is 5.69 Å². The Morgan fingerprint density at radius 2 is 1.89 bits per heavy atom. The maximum atomic E-state index is 12.6. The molecule has 1 rings (SSSR count). The van der Waals surface area contributed by atoms with Crippen LogP contribution < -0.4 is 0 Å². The number of rotatable bonds is 2. The summed E-state index contributed by atoms with van der Waals surface area (Å²) in [5.74, 6) is 0. The first-order valence-corrected chi connectivity index (χ1v) is 6.70. The van der Waals surface area contributed by atoms with Crippen molar-refractivity contribution in [1.29, 1.82) is 0 Å². The Labute approximate surface area is 116 Å². The van der Waals surface area contributed by atoms with Gasteiger partial charge in [-0.3, -0.25) is 0 Å². The van der Waals surface area contributed by atoms with Crippen molar-refractivity contribution in [1.82, 2.24) is 4.98 Å². The second kappa shape index (κ2) is 5.58. The predicted molar refractivity (Wildman–Crippen MR) is 69.7 cm³/mol. The average Bonchev–Trinajstić information content (AvgIpc) is 2.24. The SMILES string of the molecule is CC(C)(C)[S@@](=O)N=Cc1ccc(Cl)c(C(F)(F)F)n1. The quantitative estimate of drug-likeness (QED) is 0.782. The number of halogens is 4. The summed E-state index contributed by atoms with van der Waals surface area (Å²) in [7, 11) is -1.56. The third kappa shape index (κ3) is 4.58. The standard InChI is InChI=1S/C11H12ClF3N2OS/c1-10(2,3)19(18)16-6-7-4-5-8(12)9(17-7)11(13,14)15/h4-6H,1-3H3/t19-/m1/s1. The van der Waals surface area contributed by atoms with Gasteiger partial charge < -0.3 is 0 Å². The second-order valence-corrected chi connectivity index (χ2v) is 7.00. The van der Waals surface area contributed by atoms with Gasteiger partial charge in [0, 0.05) is 0 Å². The Bertz CT molecular complexity index is 524. The van der Waals surface area contributed by atoms with Crippen LogP contribution >= 0.6 is 11.6 Å². The van der Waals surface area contributed by atoms with Gasteiger partial charge in [0.25, 0.3) is 0 Å². The van der Waals surface area contributed by atoms with Crippen molar-refractivity contribution in [2.24, 2.45) is 4.40 Å². The van der Waals surface area contributed by atoms with Crippen molar-refractivity contribution in [2.45, 2.75) is 31.7 Å². The van der Waals surface area contributed by atoms with E-state index in [0.29, 0.717) is 0 Å². The van der Waals surface area contributed by atoms with Gasteiger partial charge in [0.15, 0.2) is 5.69 Å². The highest BCUT2D eigenvalue weighted by molar-refractivity contribution is 7.85. The molecule has 0 saturated heterocycles. The molecule has 0 bridgehead atoms. The lowest BCUT2D eigenvalue weighted by Gasteiger charge is -2.12. The summed E-state index contributed by atoms with van der Waals surface area (Å²) in [4.78, 5) is 3.36. The van der Waals surface area contributed by atoms with Gasteiger partial charge in [0.1, 0.15) is 11.0 Å². The fraction of sp³-hybridized carbons (Fsp3) is 0.455. The van der Waals surface area contributed by atoms with Gasteiger partial charge in [0.05, 0.1) is 21.7 Å². The summed E-state index contributed by atoms with van der Waals surface area (Å²) >= 11 is 5.43. The van der Waals surface area contributed by atoms with Crippen LogP contribution in [0.2, 0.25) is 5.02 Å². The molecule has 1 aromatic heterocycles. The normalized spacial score (nSPS) is 14.9. The van der Waals surface area contributed by atoms with Crippen molar-refractivity contribution < 1.29 is 17.4 Å². The molecule has 0 saturated carbocycles. The molecule has 1 atom stereocenters. The molecule has 19 heavy (non-hydrogen) atoms. The lowest BCUT2D eigenvalue weighted by atomic mass is 10.3. The van der Waals surface area contributed by atoms with E-state index in [4.69, 9.17) is 11.6 Å².